The van der Waals surface area contributed by atoms with Crippen molar-refractivity contribution in [2.24, 2.45) is 11.0 Å². The average molecular weight is 334 g/mol. The molecule has 0 heterocycles. The van der Waals surface area contributed by atoms with Crippen LogP contribution in [-0.2, 0) is 9.53 Å². The molecule has 24 heavy (non-hydrogen) atoms. The van der Waals surface area contributed by atoms with Crippen LogP contribution in [0.2, 0.25) is 0 Å². The Labute approximate surface area is 143 Å². The number of hydrazone groups is 1. The molecule has 0 unspecified atom stereocenters. The van der Waals surface area contributed by atoms with E-state index >= 15 is 0 Å². The van der Waals surface area contributed by atoms with Gasteiger partial charge in [0.05, 0.1) is 12.2 Å². The molecule has 1 amide bonds. The quantitative estimate of drug-likeness (QED) is 0.427. The molecule has 6 heteroatoms. The molecule has 0 saturated heterocycles. The zero-order chi connectivity index (χ0) is 17.9. The molecule has 0 radical (unpaired) electrons. The van der Waals surface area contributed by atoms with E-state index in [1.807, 2.05) is 13.8 Å². The Balaban J connectivity index is 2.42. The van der Waals surface area contributed by atoms with Crippen molar-refractivity contribution in [3.8, 4) is 5.75 Å². The summed E-state index contributed by atoms with van der Waals surface area (Å²) in [7, 11) is 0. The number of ether oxygens (including phenoxy) is 2. The Bertz CT molecular complexity index is 565. The lowest BCUT2D eigenvalue weighted by atomic mass is 10.1. The minimum absolute atomic E-state index is 0.141. The van der Waals surface area contributed by atoms with Gasteiger partial charge in [-0.25, -0.2) is 10.2 Å². The van der Waals surface area contributed by atoms with Gasteiger partial charge in [0.25, 0.3) is 5.91 Å². The van der Waals surface area contributed by atoms with Gasteiger partial charge < -0.3 is 9.47 Å². The number of amides is 1. The van der Waals surface area contributed by atoms with Crippen LogP contribution in [0.5, 0.6) is 5.75 Å². The fourth-order valence-electron chi connectivity index (χ4n) is 1.94. The average Bonchev–Trinajstić information content (AvgIpc) is 2.55. The van der Waals surface area contributed by atoms with Gasteiger partial charge in [-0.15, -0.1) is 0 Å². The highest BCUT2D eigenvalue weighted by Crippen LogP contribution is 2.13. The normalized spacial score (nSPS) is 11.3. The summed E-state index contributed by atoms with van der Waals surface area (Å²) in [5.74, 6) is 0.296. The predicted octanol–water partition coefficient (Wildman–Crippen LogP) is 3.17. The van der Waals surface area contributed by atoms with E-state index in [9.17, 15) is 9.59 Å². The molecule has 0 fully saturated rings. The third-order valence-electron chi connectivity index (χ3n) is 2.97. The van der Waals surface area contributed by atoms with Crippen LogP contribution in [0, 0.1) is 5.92 Å². The Morgan fingerprint density at radius 2 is 1.88 bits per heavy atom. The number of carbonyl (C=O) groups is 2. The summed E-state index contributed by atoms with van der Waals surface area (Å²) in [6.45, 7) is 8.24. The molecule has 6 nitrogen and oxygen atoms in total. The van der Waals surface area contributed by atoms with Gasteiger partial charge in [-0.3, -0.25) is 4.79 Å². The van der Waals surface area contributed by atoms with E-state index in [0.717, 1.165) is 18.6 Å². The summed E-state index contributed by atoms with van der Waals surface area (Å²) < 4.78 is 10.4. The molecule has 0 aromatic heterocycles. The van der Waals surface area contributed by atoms with Gasteiger partial charge in [0.2, 0.25) is 0 Å². The van der Waals surface area contributed by atoms with E-state index in [0.29, 0.717) is 23.8 Å². The summed E-state index contributed by atoms with van der Waals surface area (Å²) in [5.41, 5.74) is 3.78. The standard InChI is InChI=1S/C18H26N2O4/c1-5-10-23-18(22)15-6-8-16(9-7-15)24-12-17(21)20-19-14(4)11-13(2)3/h6-9,13H,5,10-12H2,1-4H3,(H,20,21). The Hall–Kier alpha value is -2.37. The first-order valence-electron chi connectivity index (χ1n) is 8.14. The van der Waals surface area contributed by atoms with Crippen molar-refractivity contribution in [3.63, 3.8) is 0 Å². The number of nitrogens with zero attached hydrogens (tertiary/aromatic N) is 1. The first kappa shape index (κ1) is 19.7. The van der Waals surface area contributed by atoms with Crippen molar-refractivity contribution in [1.29, 1.82) is 0 Å². The highest BCUT2D eigenvalue weighted by atomic mass is 16.5. The van der Waals surface area contributed by atoms with Crippen LogP contribution in [0.3, 0.4) is 0 Å². The van der Waals surface area contributed by atoms with E-state index in [2.05, 4.69) is 24.4 Å². The maximum Gasteiger partial charge on any atom is 0.338 e. The molecule has 0 aliphatic carbocycles. The van der Waals surface area contributed by atoms with Gasteiger partial charge in [-0.2, -0.15) is 5.10 Å². The summed E-state index contributed by atoms with van der Waals surface area (Å²) in [4.78, 5) is 23.3. The van der Waals surface area contributed by atoms with Crippen molar-refractivity contribution in [2.45, 2.75) is 40.5 Å². The summed E-state index contributed by atoms with van der Waals surface area (Å²) in [6.07, 6.45) is 1.61. The highest BCUT2D eigenvalue weighted by Gasteiger charge is 2.07. The molecule has 0 bridgehead atoms. The fourth-order valence-corrected chi connectivity index (χ4v) is 1.94. The lowest BCUT2D eigenvalue weighted by molar-refractivity contribution is -0.123. The lowest BCUT2D eigenvalue weighted by Crippen LogP contribution is -2.25. The van der Waals surface area contributed by atoms with Crippen LogP contribution in [0.25, 0.3) is 0 Å². The molecule has 0 aliphatic rings. The number of nitrogens with one attached hydrogen (secondary N) is 1. The Morgan fingerprint density at radius 1 is 1.21 bits per heavy atom. The Morgan fingerprint density at radius 3 is 2.46 bits per heavy atom. The maximum absolute atomic E-state index is 11.7. The molecule has 132 valence electrons. The number of esters is 1. The van der Waals surface area contributed by atoms with E-state index in [4.69, 9.17) is 9.47 Å². The molecule has 1 aromatic rings. The van der Waals surface area contributed by atoms with Crippen LogP contribution in [0.4, 0.5) is 0 Å². The minimum Gasteiger partial charge on any atom is -0.484 e. The number of benzene rings is 1. The van der Waals surface area contributed by atoms with Crippen LogP contribution in [0.15, 0.2) is 29.4 Å². The van der Waals surface area contributed by atoms with Crippen molar-refractivity contribution in [3.05, 3.63) is 29.8 Å². The largest absolute Gasteiger partial charge is 0.484 e. The van der Waals surface area contributed by atoms with Gasteiger partial charge in [-0.1, -0.05) is 20.8 Å². The molecule has 1 rings (SSSR count). The second kappa shape index (κ2) is 10.4. The van der Waals surface area contributed by atoms with E-state index < -0.39 is 0 Å². The van der Waals surface area contributed by atoms with Crippen LogP contribution >= 0.6 is 0 Å². The van der Waals surface area contributed by atoms with Crippen molar-refractivity contribution in [1.82, 2.24) is 5.43 Å². The Kier molecular flexibility index (Phi) is 8.54. The SMILES string of the molecule is CCCOC(=O)c1ccc(OCC(=O)NN=C(C)CC(C)C)cc1. The number of carbonyl (C=O) groups excluding carboxylic acids is 2. The molecule has 1 aromatic carbocycles. The summed E-state index contributed by atoms with van der Waals surface area (Å²) >= 11 is 0. The molecular formula is C18H26N2O4. The summed E-state index contributed by atoms with van der Waals surface area (Å²) in [6, 6.07) is 6.47. The number of hydrogen-bond donors (Lipinski definition) is 1. The first-order chi connectivity index (χ1) is 11.4. The zero-order valence-corrected chi connectivity index (χ0v) is 14.8. The van der Waals surface area contributed by atoms with Crippen molar-refractivity contribution >= 4 is 17.6 Å². The molecule has 0 atom stereocenters. The molecule has 0 saturated carbocycles. The molecule has 0 spiro atoms. The van der Waals surface area contributed by atoms with Gasteiger partial charge in [0.15, 0.2) is 6.61 Å². The topological polar surface area (TPSA) is 77.0 Å². The number of rotatable bonds is 9. The second-order valence-corrected chi connectivity index (χ2v) is 5.93. The van der Waals surface area contributed by atoms with Gasteiger partial charge >= 0.3 is 5.97 Å². The van der Waals surface area contributed by atoms with Gasteiger partial charge in [0.1, 0.15) is 5.75 Å². The smallest absolute Gasteiger partial charge is 0.338 e. The van der Waals surface area contributed by atoms with Crippen molar-refractivity contribution in [2.75, 3.05) is 13.2 Å². The van der Waals surface area contributed by atoms with Gasteiger partial charge in [0, 0.05) is 5.71 Å². The zero-order valence-electron chi connectivity index (χ0n) is 14.8. The maximum atomic E-state index is 11.7. The van der Waals surface area contributed by atoms with E-state index in [1.165, 1.54) is 0 Å². The summed E-state index contributed by atoms with van der Waals surface area (Å²) in [5, 5.41) is 4.02. The third-order valence-corrected chi connectivity index (χ3v) is 2.97. The molecular weight excluding hydrogens is 308 g/mol. The van der Waals surface area contributed by atoms with Crippen LogP contribution in [-0.4, -0.2) is 30.8 Å². The minimum atomic E-state index is -0.365. The monoisotopic (exact) mass is 334 g/mol. The second-order valence-electron chi connectivity index (χ2n) is 5.93. The first-order valence-corrected chi connectivity index (χ1v) is 8.14. The third kappa shape index (κ3) is 7.76. The lowest BCUT2D eigenvalue weighted by Gasteiger charge is -2.07. The number of hydrogen-bond acceptors (Lipinski definition) is 5. The predicted molar refractivity (Wildman–Crippen MR) is 93.2 cm³/mol. The van der Waals surface area contributed by atoms with Crippen LogP contribution < -0.4 is 10.2 Å². The molecule has 1 N–H and O–H groups in total. The molecule has 0 aliphatic heterocycles. The van der Waals surface area contributed by atoms with Crippen LogP contribution in [0.1, 0.15) is 50.9 Å². The van der Waals surface area contributed by atoms with Gasteiger partial charge in [-0.05, 0) is 49.9 Å². The van der Waals surface area contributed by atoms with E-state index in [-0.39, 0.29) is 18.5 Å². The van der Waals surface area contributed by atoms with Crippen molar-refractivity contribution < 1.29 is 19.1 Å². The van der Waals surface area contributed by atoms with E-state index in [1.54, 1.807) is 24.3 Å². The fraction of sp³-hybridized carbons (Fsp3) is 0.500. The highest BCUT2D eigenvalue weighted by molar-refractivity contribution is 5.89.